The maximum atomic E-state index is 11.8. The molecule has 0 radical (unpaired) electrons. The topological polar surface area (TPSA) is 66.4 Å². The second-order valence-electron chi connectivity index (χ2n) is 4.33. The number of nitrogens with one attached hydrogen (secondary N) is 1. The fourth-order valence-corrected chi connectivity index (χ4v) is 2.62. The summed E-state index contributed by atoms with van der Waals surface area (Å²) >= 11 is 1.68. The average Bonchev–Trinajstić information content (AvgIpc) is 2.92. The Balaban J connectivity index is 1.87. The molecular formula is C15H15NO3S. The van der Waals surface area contributed by atoms with Gasteiger partial charge in [0.15, 0.2) is 0 Å². The zero-order valence-electron chi connectivity index (χ0n) is 10.8. The smallest absolute Gasteiger partial charge is 0.337 e. The molecule has 0 saturated heterocycles. The molecule has 0 atom stereocenters. The van der Waals surface area contributed by atoms with Crippen LogP contribution in [0.5, 0.6) is 0 Å². The third-order valence-corrected chi connectivity index (χ3v) is 3.77. The van der Waals surface area contributed by atoms with Crippen molar-refractivity contribution >= 4 is 28.9 Å². The van der Waals surface area contributed by atoms with Crippen molar-refractivity contribution in [2.24, 2.45) is 0 Å². The van der Waals surface area contributed by atoms with E-state index in [0.717, 1.165) is 12.8 Å². The molecule has 20 heavy (non-hydrogen) atoms. The Morgan fingerprint density at radius 1 is 1.15 bits per heavy atom. The van der Waals surface area contributed by atoms with E-state index < -0.39 is 5.97 Å². The molecule has 5 heteroatoms. The zero-order valence-corrected chi connectivity index (χ0v) is 11.7. The molecule has 1 amide bonds. The predicted molar refractivity (Wildman–Crippen MR) is 79.3 cm³/mol. The number of hydrogen-bond donors (Lipinski definition) is 2. The molecule has 1 aromatic heterocycles. The highest BCUT2D eigenvalue weighted by Crippen LogP contribution is 2.16. The summed E-state index contributed by atoms with van der Waals surface area (Å²) in [5, 5.41) is 13.7. The van der Waals surface area contributed by atoms with Crippen molar-refractivity contribution in [1.82, 2.24) is 0 Å². The second-order valence-corrected chi connectivity index (χ2v) is 5.36. The predicted octanol–water partition coefficient (Wildman–Crippen LogP) is 3.41. The molecule has 0 saturated carbocycles. The highest BCUT2D eigenvalue weighted by molar-refractivity contribution is 7.09. The van der Waals surface area contributed by atoms with Crippen molar-refractivity contribution in [2.45, 2.75) is 19.3 Å². The van der Waals surface area contributed by atoms with Gasteiger partial charge in [-0.05, 0) is 36.4 Å². The van der Waals surface area contributed by atoms with Crippen LogP contribution in [0.2, 0.25) is 0 Å². The molecule has 2 N–H and O–H groups in total. The van der Waals surface area contributed by atoms with Crippen LogP contribution in [0.25, 0.3) is 0 Å². The van der Waals surface area contributed by atoms with E-state index in [1.54, 1.807) is 29.5 Å². The first-order chi connectivity index (χ1) is 9.66. The van der Waals surface area contributed by atoms with Crippen LogP contribution in [0.4, 0.5) is 5.69 Å². The van der Waals surface area contributed by atoms with Gasteiger partial charge in [-0.1, -0.05) is 18.2 Å². The lowest BCUT2D eigenvalue weighted by Crippen LogP contribution is -2.14. The fourth-order valence-electron chi connectivity index (χ4n) is 1.87. The molecule has 1 aromatic carbocycles. The minimum atomic E-state index is -1.04. The summed E-state index contributed by atoms with van der Waals surface area (Å²) in [5.74, 6) is -1.20. The van der Waals surface area contributed by atoms with Crippen LogP contribution in [0, 0.1) is 0 Å². The maximum absolute atomic E-state index is 11.8. The number of amides is 1. The van der Waals surface area contributed by atoms with E-state index >= 15 is 0 Å². The van der Waals surface area contributed by atoms with Crippen molar-refractivity contribution in [3.63, 3.8) is 0 Å². The third kappa shape index (κ3) is 3.93. The van der Waals surface area contributed by atoms with Crippen LogP contribution in [0.15, 0.2) is 41.8 Å². The summed E-state index contributed by atoms with van der Waals surface area (Å²) in [7, 11) is 0. The maximum Gasteiger partial charge on any atom is 0.337 e. The minimum Gasteiger partial charge on any atom is -0.478 e. The Bertz CT molecular complexity index is 593. The van der Waals surface area contributed by atoms with Gasteiger partial charge in [-0.3, -0.25) is 4.79 Å². The van der Waals surface area contributed by atoms with Gasteiger partial charge in [0.1, 0.15) is 0 Å². The van der Waals surface area contributed by atoms with E-state index in [2.05, 4.69) is 5.32 Å². The number of thiophene rings is 1. The van der Waals surface area contributed by atoms with Crippen LogP contribution in [0.3, 0.4) is 0 Å². The van der Waals surface area contributed by atoms with Crippen molar-refractivity contribution in [2.75, 3.05) is 5.32 Å². The van der Waals surface area contributed by atoms with E-state index in [-0.39, 0.29) is 11.5 Å². The summed E-state index contributed by atoms with van der Waals surface area (Å²) in [6, 6.07) is 10.4. The molecule has 0 aliphatic carbocycles. The molecule has 2 aromatic rings. The number of carboxylic acid groups (broad SMARTS) is 1. The van der Waals surface area contributed by atoms with Crippen LogP contribution in [-0.2, 0) is 11.2 Å². The van der Waals surface area contributed by atoms with Gasteiger partial charge in [-0.25, -0.2) is 4.79 Å². The molecule has 0 aliphatic rings. The molecule has 0 spiro atoms. The van der Waals surface area contributed by atoms with Gasteiger partial charge in [0.25, 0.3) is 0 Å². The van der Waals surface area contributed by atoms with E-state index in [9.17, 15) is 9.59 Å². The van der Waals surface area contributed by atoms with Gasteiger partial charge in [-0.2, -0.15) is 0 Å². The SMILES string of the molecule is O=C(CCCc1cccs1)Nc1ccccc1C(=O)O. The summed E-state index contributed by atoms with van der Waals surface area (Å²) < 4.78 is 0. The number of aryl methyl sites for hydroxylation is 1. The lowest BCUT2D eigenvalue weighted by molar-refractivity contribution is -0.116. The van der Waals surface area contributed by atoms with Gasteiger partial charge in [-0.15, -0.1) is 11.3 Å². The monoisotopic (exact) mass is 289 g/mol. The molecule has 0 fully saturated rings. The lowest BCUT2D eigenvalue weighted by atomic mass is 10.1. The van der Waals surface area contributed by atoms with E-state index in [4.69, 9.17) is 5.11 Å². The Kier molecular flexibility index (Phi) is 4.90. The van der Waals surface area contributed by atoms with Crippen molar-refractivity contribution in [3.8, 4) is 0 Å². The lowest BCUT2D eigenvalue weighted by Gasteiger charge is -2.07. The van der Waals surface area contributed by atoms with Gasteiger partial charge >= 0.3 is 5.97 Å². The minimum absolute atomic E-state index is 0.110. The Labute approximate surface area is 121 Å². The number of benzene rings is 1. The van der Waals surface area contributed by atoms with Crippen LogP contribution >= 0.6 is 11.3 Å². The first-order valence-corrected chi connectivity index (χ1v) is 7.19. The first-order valence-electron chi connectivity index (χ1n) is 6.31. The van der Waals surface area contributed by atoms with E-state index in [0.29, 0.717) is 12.1 Å². The second kappa shape index (κ2) is 6.86. The summed E-state index contributed by atoms with van der Waals surface area (Å²) in [4.78, 5) is 24.1. The molecule has 1 heterocycles. The number of aromatic carboxylic acids is 1. The number of carboxylic acids is 1. The third-order valence-electron chi connectivity index (χ3n) is 2.84. The van der Waals surface area contributed by atoms with Gasteiger partial charge in [0.2, 0.25) is 5.91 Å². The molecule has 104 valence electrons. The summed E-state index contributed by atoms with van der Waals surface area (Å²) in [6.45, 7) is 0. The van der Waals surface area contributed by atoms with Crippen molar-refractivity contribution in [3.05, 3.63) is 52.2 Å². The summed E-state index contributed by atoms with van der Waals surface area (Å²) in [5.41, 5.74) is 0.459. The highest BCUT2D eigenvalue weighted by atomic mass is 32.1. The first kappa shape index (κ1) is 14.3. The van der Waals surface area contributed by atoms with Crippen LogP contribution < -0.4 is 5.32 Å². The van der Waals surface area contributed by atoms with Crippen molar-refractivity contribution < 1.29 is 14.7 Å². The Hall–Kier alpha value is -2.14. The Morgan fingerprint density at radius 3 is 2.65 bits per heavy atom. The molecule has 4 nitrogen and oxygen atoms in total. The quantitative estimate of drug-likeness (QED) is 0.856. The zero-order chi connectivity index (χ0) is 14.4. The molecule has 0 aliphatic heterocycles. The van der Waals surface area contributed by atoms with E-state index in [1.165, 1.54) is 10.9 Å². The number of carbonyl (C=O) groups is 2. The highest BCUT2D eigenvalue weighted by Gasteiger charge is 2.11. The van der Waals surface area contributed by atoms with Crippen LogP contribution in [0.1, 0.15) is 28.1 Å². The van der Waals surface area contributed by atoms with E-state index in [1.807, 2.05) is 17.5 Å². The molecule has 2 rings (SSSR count). The van der Waals surface area contributed by atoms with Crippen LogP contribution in [-0.4, -0.2) is 17.0 Å². The number of para-hydroxylation sites is 1. The number of anilines is 1. The average molecular weight is 289 g/mol. The standard InChI is InChI=1S/C15H15NO3S/c17-14(9-3-5-11-6-4-10-20-11)16-13-8-2-1-7-12(13)15(18)19/h1-2,4,6-8,10H,3,5,9H2,(H,16,17)(H,18,19). The molecule has 0 bridgehead atoms. The van der Waals surface area contributed by atoms with Crippen molar-refractivity contribution in [1.29, 1.82) is 0 Å². The van der Waals surface area contributed by atoms with Gasteiger partial charge < -0.3 is 10.4 Å². The molecule has 0 unspecified atom stereocenters. The summed E-state index contributed by atoms with van der Waals surface area (Å²) in [6.07, 6.45) is 2.00. The van der Waals surface area contributed by atoms with Gasteiger partial charge in [0, 0.05) is 11.3 Å². The Morgan fingerprint density at radius 2 is 1.95 bits per heavy atom. The number of carbonyl (C=O) groups excluding carboxylic acids is 1. The largest absolute Gasteiger partial charge is 0.478 e. The fraction of sp³-hybridized carbons (Fsp3) is 0.200. The van der Waals surface area contributed by atoms with Gasteiger partial charge in [0.05, 0.1) is 11.3 Å². The normalized spacial score (nSPS) is 10.2. The number of hydrogen-bond acceptors (Lipinski definition) is 3. The molecular weight excluding hydrogens is 274 g/mol. The number of rotatable bonds is 6.